The quantitative estimate of drug-likeness (QED) is 0.565. The highest BCUT2D eigenvalue weighted by Crippen LogP contribution is 2.17. The first-order chi connectivity index (χ1) is 8.69. The van der Waals surface area contributed by atoms with Crippen LogP contribution >= 0.6 is 11.3 Å². The zero-order valence-corrected chi connectivity index (χ0v) is 11.2. The predicted molar refractivity (Wildman–Crippen MR) is 73.4 cm³/mol. The van der Waals surface area contributed by atoms with E-state index >= 15 is 0 Å². The van der Waals surface area contributed by atoms with Gasteiger partial charge in [-0.05, 0) is 0 Å². The summed E-state index contributed by atoms with van der Waals surface area (Å²) in [5.74, 6) is 7.76. The van der Waals surface area contributed by atoms with Crippen LogP contribution in [0.5, 0.6) is 0 Å². The summed E-state index contributed by atoms with van der Waals surface area (Å²) >= 11 is 1.61. The summed E-state index contributed by atoms with van der Waals surface area (Å²) in [5.41, 5.74) is 2.55. The molecule has 0 aliphatic heterocycles. The van der Waals surface area contributed by atoms with E-state index in [9.17, 15) is 0 Å². The third-order valence-electron chi connectivity index (χ3n) is 2.31. The fraction of sp³-hybridized carbons (Fsp3) is 0.364. The molecule has 0 unspecified atom stereocenters. The molecule has 0 saturated heterocycles. The van der Waals surface area contributed by atoms with Crippen molar-refractivity contribution in [3.05, 3.63) is 28.5 Å². The standard InChI is InChI=1S/C11H16N6S/c1-7(2)11-15-8(5-9(16-11)17-12)14-6-10-13-3-4-18-10/h3-5,7H,6,12H2,1-2H3,(H2,14,15,16,17). The van der Waals surface area contributed by atoms with Crippen molar-refractivity contribution in [2.24, 2.45) is 5.84 Å². The monoisotopic (exact) mass is 264 g/mol. The van der Waals surface area contributed by atoms with Gasteiger partial charge in [0.2, 0.25) is 0 Å². The molecular weight excluding hydrogens is 248 g/mol. The molecule has 0 bridgehead atoms. The number of nitrogens with two attached hydrogens (primary N) is 1. The molecule has 0 aliphatic carbocycles. The lowest BCUT2D eigenvalue weighted by molar-refractivity contribution is 0.775. The van der Waals surface area contributed by atoms with E-state index in [2.05, 4.69) is 25.7 Å². The molecule has 6 nitrogen and oxygen atoms in total. The molecule has 2 rings (SSSR count). The molecule has 0 fully saturated rings. The summed E-state index contributed by atoms with van der Waals surface area (Å²) in [5, 5.41) is 6.18. The topological polar surface area (TPSA) is 88.8 Å². The van der Waals surface area contributed by atoms with Crippen LogP contribution < -0.4 is 16.6 Å². The second-order valence-corrected chi connectivity index (χ2v) is 5.05. The Hall–Kier alpha value is -1.73. The van der Waals surface area contributed by atoms with Crippen molar-refractivity contribution >= 4 is 23.0 Å². The van der Waals surface area contributed by atoms with Crippen LogP contribution in [0.1, 0.15) is 30.6 Å². The molecule has 0 aliphatic rings. The number of anilines is 2. The molecule has 0 amide bonds. The van der Waals surface area contributed by atoms with Crippen molar-refractivity contribution in [2.45, 2.75) is 26.3 Å². The minimum absolute atomic E-state index is 0.249. The Labute approximate surface area is 110 Å². The van der Waals surface area contributed by atoms with Crippen molar-refractivity contribution in [1.29, 1.82) is 0 Å². The van der Waals surface area contributed by atoms with Crippen molar-refractivity contribution in [2.75, 3.05) is 10.7 Å². The molecule has 7 heteroatoms. The van der Waals surface area contributed by atoms with E-state index in [0.717, 1.165) is 16.6 Å². The van der Waals surface area contributed by atoms with Gasteiger partial charge in [-0.1, -0.05) is 13.8 Å². The van der Waals surface area contributed by atoms with Gasteiger partial charge in [0.1, 0.15) is 22.5 Å². The number of hydrazine groups is 1. The smallest absolute Gasteiger partial charge is 0.145 e. The Morgan fingerprint density at radius 1 is 1.33 bits per heavy atom. The van der Waals surface area contributed by atoms with E-state index in [0.29, 0.717) is 12.4 Å². The van der Waals surface area contributed by atoms with Crippen molar-refractivity contribution < 1.29 is 0 Å². The highest BCUT2D eigenvalue weighted by Gasteiger charge is 2.07. The maximum absolute atomic E-state index is 5.40. The SMILES string of the molecule is CC(C)c1nc(NN)cc(NCc2nccs2)n1. The molecular formula is C11H16N6S. The highest BCUT2D eigenvalue weighted by molar-refractivity contribution is 7.09. The van der Waals surface area contributed by atoms with E-state index < -0.39 is 0 Å². The maximum Gasteiger partial charge on any atom is 0.145 e. The van der Waals surface area contributed by atoms with Gasteiger partial charge in [0.05, 0.1) is 6.54 Å². The van der Waals surface area contributed by atoms with Crippen LogP contribution in [0.4, 0.5) is 11.6 Å². The molecule has 2 heterocycles. The van der Waals surface area contributed by atoms with Crippen LogP contribution in [-0.4, -0.2) is 15.0 Å². The summed E-state index contributed by atoms with van der Waals surface area (Å²) in [4.78, 5) is 12.9. The number of nitrogens with zero attached hydrogens (tertiary/aromatic N) is 3. The normalized spacial score (nSPS) is 10.7. The molecule has 2 aromatic heterocycles. The number of hydrogen-bond acceptors (Lipinski definition) is 7. The lowest BCUT2D eigenvalue weighted by atomic mass is 10.2. The van der Waals surface area contributed by atoms with Crippen LogP contribution in [0.3, 0.4) is 0 Å². The lowest BCUT2D eigenvalue weighted by Gasteiger charge is -2.10. The van der Waals surface area contributed by atoms with Gasteiger partial charge in [-0.15, -0.1) is 11.3 Å². The van der Waals surface area contributed by atoms with E-state index in [1.54, 1.807) is 23.6 Å². The van der Waals surface area contributed by atoms with Gasteiger partial charge in [-0.3, -0.25) is 0 Å². The van der Waals surface area contributed by atoms with Gasteiger partial charge < -0.3 is 10.7 Å². The van der Waals surface area contributed by atoms with Crippen molar-refractivity contribution in [3.8, 4) is 0 Å². The van der Waals surface area contributed by atoms with E-state index in [4.69, 9.17) is 5.84 Å². The molecule has 0 spiro atoms. The molecule has 0 radical (unpaired) electrons. The minimum Gasteiger partial charge on any atom is -0.363 e. The minimum atomic E-state index is 0.249. The Morgan fingerprint density at radius 3 is 2.72 bits per heavy atom. The summed E-state index contributed by atoms with van der Waals surface area (Å²) in [7, 11) is 0. The van der Waals surface area contributed by atoms with Gasteiger partial charge in [0, 0.05) is 23.6 Å². The average Bonchev–Trinajstić information content (AvgIpc) is 2.89. The Balaban J connectivity index is 2.13. The molecule has 0 aromatic carbocycles. The second-order valence-electron chi connectivity index (χ2n) is 4.08. The number of hydrogen-bond donors (Lipinski definition) is 3. The van der Waals surface area contributed by atoms with Crippen LogP contribution in [-0.2, 0) is 6.54 Å². The first-order valence-electron chi connectivity index (χ1n) is 5.67. The summed E-state index contributed by atoms with van der Waals surface area (Å²) < 4.78 is 0. The Bertz CT molecular complexity index is 496. The van der Waals surface area contributed by atoms with Crippen LogP contribution in [0.25, 0.3) is 0 Å². The summed E-state index contributed by atoms with van der Waals surface area (Å²) in [6, 6.07) is 1.78. The Kier molecular flexibility index (Phi) is 4.06. The largest absolute Gasteiger partial charge is 0.363 e. The van der Waals surface area contributed by atoms with Crippen molar-refractivity contribution in [3.63, 3.8) is 0 Å². The molecule has 0 atom stereocenters. The van der Waals surface area contributed by atoms with E-state index in [1.807, 2.05) is 19.2 Å². The number of aromatic nitrogens is 3. The zero-order valence-electron chi connectivity index (χ0n) is 10.3. The maximum atomic E-state index is 5.40. The van der Waals surface area contributed by atoms with Crippen LogP contribution in [0.2, 0.25) is 0 Å². The van der Waals surface area contributed by atoms with Gasteiger partial charge >= 0.3 is 0 Å². The average molecular weight is 264 g/mol. The second kappa shape index (κ2) is 5.74. The summed E-state index contributed by atoms with van der Waals surface area (Å²) in [6.45, 7) is 4.73. The number of nitrogens with one attached hydrogen (secondary N) is 2. The molecule has 4 N–H and O–H groups in total. The fourth-order valence-corrected chi connectivity index (χ4v) is 1.95. The van der Waals surface area contributed by atoms with Gasteiger partial charge in [-0.25, -0.2) is 20.8 Å². The molecule has 96 valence electrons. The molecule has 18 heavy (non-hydrogen) atoms. The van der Waals surface area contributed by atoms with E-state index in [-0.39, 0.29) is 5.92 Å². The molecule has 2 aromatic rings. The predicted octanol–water partition coefficient (Wildman–Crippen LogP) is 1.95. The number of rotatable bonds is 5. The van der Waals surface area contributed by atoms with Gasteiger partial charge in [0.15, 0.2) is 0 Å². The third-order valence-corrected chi connectivity index (χ3v) is 3.09. The fourth-order valence-electron chi connectivity index (χ4n) is 1.40. The summed E-state index contributed by atoms with van der Waals surface area (Å²) in [6.07, 6.45) is 1.79. The highest BCUT2D eigenvalue weighted by atomic mass is 32.1. The Morgan fingerprint density at radius 2 is 2.11 bits per heavy atom. The number of thiazole rings is 1. The third kappa shape index (κ3) is 3.14. The number of nitrogen functional groups attached to an aromatic ring is 1. The lowest BCUT2D eigenvalue weighted by Crippen LogP contribution is -2.12. The van der Waals surface area contributed by atoms with Gasteiger partial charge in [-0.2, -0.15) is 0 Å². The van der Waals surface area contributed by atoms with Gasteiger partial charge in [0.25, 0.3) is 0 Å². The van der Waals surface area contributed by atoms with Crippen molar-refractivity contribution in [1.82, 2.24) is 15.0 Å². The van der Waals surface area contributed by atoms with Crippen LogP contribution in [0.15, 0.2) is 17.6 Å². The molecule has 0 saturated carbocycles. The van der Waals surface area contributed by atoms with E-state index in [1.165, 1.54) is 0 Å². The first-order valence-corrected chi connectivity index (χ1v) is 6.55. The first kappa shape index (κ1) is 12.7. The van der Waals surface area contributed by atoms with Crippen LogP contribution in [0, 0.1) is 0 Å². The zero-order chi connectivity index (χ0) is 13.0.